The maximum Gasteiger partial charge on any atom is 0.164 e. The maximum atomic E-state index is 6.70. The summed E-state index contributed by atoms with van der Waals surface area (Å²) in [5, 5.41) is 5.59. The molecule has 1 spiro atoms. The molecule has 38 heavy (non-hydrogen) atoms. The molecule has 1 saturated heterocycles. The predicted molar refractivity (Wildman–Crippen MR) is 147 cm³/mol. The number of rotatable bonds is 7. The number of hydrogen-bond acceptors (Lipinski definition) is 7. The van der Waals surface area contributed by atoms with E-state index < -0.39 is 5.79 Å². The van der Waals surface area contributed by atoms with Crippen LogP contribution in [0, 0.1) is 11.3 Å². The summed E-state index contributed by atoms with van der Waals surface area (Å²) in [6.45, 7) is 5.11. The van der Waals surface area contributed by atoms with Gasteiger partial charge in [-0.3, -0.25) is 0 Å². The number of nitrogen functional groups attached to an aromatic ring is 1. The van der Waals surface area contributed by atoms with E-state index in [0.29, 0.717) is 5.82 Å². The summed E-state index contributed by atoms with van der Waals surface area (Å²) in [6.07, 6.45) is 10.4. The van der Waals surface area contributed by atoms with E-state index in [9.17, 15) is 0 Å². The van der Waals surface area contributed by atoms with E-state index >= 15 is 0 Å². The number of fused-ring (bicyclic) bond motifs is 3. The van der Waals surface area contributed by atoms with Crippen molar-refractivity contribution >= 4 is 33.6 Å². The van der Waals surface area contributed by atoms with Gasteiger partial charge in [0.1, 0.15) is 29.2 Å². The molecule has 1 aromatic carbocycles. The Morgan fingerprint density at radius 3 is 2.87 bits per heavy atom. The molecular formula is C30H34N6O2. The van der Waals surface area contributed by atoms with Crippen LogP contribution in [0.3, 0.4) is 0 Å². The molecule has 0 amide bonds. The largest absolute Gasteiger partial charge is 0.383 e. The van der Waals surface area contributed by atoms with Crippen molar-refractivity contribution in [3.05, 3.63) is 54.5 Å². The van der Waals surface area contributed by atoms with Gasteiger partial charge in [-0.1, -0.05) is 12.1 Å². The highest BCUT2D eigenvalue weighted by molar-refractivity contribution is 5.86. The average Bonchev–Trinajstić information content (AvgIpc) is 3.37. The Morgan fingerprint density at radius 1 is 1.13 bits per heavy atom. The van der Waals surface area contributed by atoms with Crippen molar-refractivity contribution in [3.63, 3.8) is 0 Å². The van der Waals surface area contributed by atoms with Gasteiger partial charge in [0.15, 0.2) is 5.79 Å². The Morgan fingerprint density at radius 2 is 2.00 bits per heavy atom. The number of hydrogen-bond donors (Lipinski definition) is 2. The Balaban J connectivity index is 1.07. The number of aryl methyl sites for hydroxylation is 1. The molecule has 4 aliphatic carbocycles. The molecule has 8 nitrogen and oxygen atoms in total. The number of aromatic nitrogens is 4. The lowest BCUT2D eigenvalue weighted by Crippen LogP contribution is -2.58. The molecule has 4 aromatic rings. The van der Waals surface area contributed by atoms with Crippen molar-refractivity contribution in [2.24, 2.45) is 11.3 Å². The standard InChI is InChI=1S/C30H34N6O2/c1-28(2)37-27-29(11-9-18-5-6-20-7-8-24(35-22(20)13-18)32-15-19-3-4-19)14-23(30(27,16-29)38-28)36-12-10-21-25(31)33-17-34-26(21)36/h5-8,10,12-13,17,19,23,27H,3-4,9,11,14-16H2,1-2H3,(H,32,35)(H2,31,33,34)/t23-,27-,29+,30-/m1/s1. The number of anilines is 2. The minimum atomic E-state index is -0.598. The van der Waals surface area contributed by atoms with E-state index in [4.69, 9.17) is 20.2 Å². The summed E-state index contributed by atoms with van der Waals surface area (Å²) < 4.78 is 15.6. The second kappa shape index (κ2) is 7.67. The highest BCUT2D eigenvalue weighted by atomic mass is 16.8. The lowest BCUT2D eigenvalue weighted by atomic mass is 9.61. The third kappa shape index (κ3) is 3.32. The molecule has 196 valence electrons. The van der Waals surface area contributed by atoms with Gasteiger partial charge in [-0.05, 0) is 88.1 Å². The number of benzene rings is 1. The Bertz CT molecular complexity index is 1580. The number of nitrogens with two attached hydrogens (primary N) is 1. The van der Waals surface area contributed by atoms with Gasteiger partial charge in [-0.25, -0.2) is 15.0 Å². The van der Waals surface area contributed by atoms with Crippen molar-refractivity contribution < 1.29 is 9.47 Å². The Kier molecular flexibility index (Phi) is 4.59. The molecule has 3 N–H and O–H groups in total. The van der Waals surface area contributed by atoms with Gasteiger partial charge >= 0.3 is 0 Å². The van der Waals surface area contributed by atoms with Crippen LogP contribution < -0.4 is 11.1 Å². The first-order valence-electron chi connectivity index (χ1n) is 13.9. The number of nitrogens with zero attached hydrogens (tertiary/aromatic N) is 4. The first-order valence-corrected chi connectivity index (χ1v) is 13.9. The topological polar surface area (TPSA) is 100 Å². The summed E-state index contributed by atoms with van der Waals surface area (Å²) in [5.74, 6) is 1.72. The minimum Gasteiger partial charge on any atom is -0.383 e. The Labute approximate surface area is 221 Å². The SMILES string of the molecule is CC1(C)O[C@@H]2[C@@]3(CCc4ccc5ccc(NCC6CC6)nc5c4)C[C@@H](n4ccc5c(N)ncnc54)[C@@]2(C3)O1. The number of pyridine rings is 1. The van der Waals surface area contributed by atoms with Crippen molar-refractivity contribution in [1.82, 2.24) is 19.5 Å². The van der Waals surface area contributed by atoms with Crippen molar-refractivity contribution in [1.29, 1.82) is 0 Å². The zero-order valence-electron chi connectivity index (χ0n) is 22.0. The molecule has 1 aliphatic heterocycles. The van der Waals surface area contributed by atoms with Gasteiger partial charge in [0.2, 0.25) is 0 Å². The first kappa shape index (κ1) is 22.7. The van der Waals surface area contributed by atoms with Gasteiger partial charge in [0.25, 0.3) is 0 Å². The van der Waals surface area contributed by atoms with Crippen LogP contribution in [0.4, 0.5) is 11.6 Å². The third-order valence-electron chi connectivity index (χ3n) is 9.44. The molecule has 0 unspecified atom stereocenters. The van der Waals surface area contributed by atoms with E-state index in [0.717, 1.165) is 60.5 Å². The molecule has 4 heterocycles. The highest BCUT2D eigenvalue weighted by Crippen LogP contribution is 2.74. The molecule has 9 rings (SSSR count). The first-order chi connectivity index (χ1) is 18.3. The van der Waals surface area contributed by atoms with Gasteiger partial charge < -0.3 is 25.1 Å². The number of nitrogens with one attached hydrogen (secondary N) is 1. The van der Waals surface area contributed by atoms with Crippen LogP contribution >= 0.6 is 0 Å². The van der Waals surface area contributed by atoms with Crippen molar-refractivity contribution in [2.75, 3.05) is 17.6 Å². The minimum absolute atomic E-state index is 0.0726. The normalized spacial score (nSPS) is 31.0. The van der Waals surface area contributed by atoms with E-state index in [1.165, 1.54) is 23.8 Å². The highest BCUT2D eigenvalue weighted by Gasteiger charge is 2.80. The van der Waals surface area contributed by atoms with Crippen LogP contribution in [0.1, 0.15) is 57.6 Å². The van der Waals surface area contributed by atoms with E-state index in [2.05, 4.69) is 56.4 Å². The van der Waals surface area contributed by atoms with Crippen molar-refractivity contribution in [3.8, 4) is 0 Å². The molecule has 8 heteroatoms. The molecule has 0 radical (unpaired) electrons. The second-order valence-corrected chi connectivity index (χ2v) is 12.5. The van der Waals surface area contributed by atoms with Gasteiger partial charge in [-0.2, -0.15) is 0 Å². The fourth-order valence-corrected chi connectivity index (χ4v) is 7.58. The Hall–Kier alpha value is -3.23. The van der Waals surface area contributed by atoms with Crippen LogP contribution in [0.15, 0.2) is 48.9 Å². The summed E-state index contributed by atoms with van der Waals surface area (Å²) in [4.78, 5) is 13.7. The zero-order valence-corrected chi connectivity index (χ0v) is 22.0. The van der Waals surface area contributed by atoms with E-state index in [-0.39, 0.29) is 23.2 Å². The van der Waals surface area contributed by atoms with Gasteiger partial charge in [0, 0.05) is 23.5 Å². The van der Waals surface area contributed by atoms with Crippen molar-refractivity contribution in [2.45, 2.75) is 75.9 Å². The fourth-order valence-electron chi connectivity index (χ4n) is 7.58. The molecule has 4 saturated carbocycles. The predicted octanol–water partition coefficient (Wildman–Crippen LogP) is 5.24. The zero-order chi connectivity index (χ0) is 25.7. The van der Waals surface area contributed by atoms with Gasteiger partial charge in [0.05, 0.1) is 23.0 Å². The van der Waals surface area contributed by atoms with Gasteiger partial charge in [-0.15, -0.1) is 0 Å². The molecule has 2 bridgehead atoms. The van der Waals surface area contributed by atoms with E-state index in [1.54, 1.807) is 6.33 Å². The van der Waals surface area contributed by atoms with Crippen LogP contribution in [0.5, 0.6) is 0 Å². The lowest BCUT2D eigenvalue weighted by Gasteiger charge is -2.49. The molecule has 4 atom stereocenters. The van der Waals surface area contributed by atoms with Crippen LogP contribution in [-0.2, 0) is 15.9 Å². The quantitative estimate of drug-likeness (QED) is 0.351. The summed E-state index contributed by atoms with van der Waals surface area (Å²) in [7, 11) is 0. The van der Waals surface area contributed by atoms with Crippen LogP contribution in [0.25, 0.3) is 21.9 Å². The molecule has 3 aromatic heterocycles. The summed E-state index contributed by atoms with van der Waals surface area (Å²) in [5.41, 5.74) is 9.15. The second-order valence-electron chi connectivity index (χ2n) is 12.5. The van der Waals surface area contributed by atoms with Crippen LogP contribution in [0.2, 0.25) is 0 Å². The molecular weight excluding hydrogens is 476 g/mol. The monoisotopic (exact) mass is 510 g/mol. The number of ether oxygens (including phenoxy) is 2. The molecule has 5 fully saturated rings. The summed E-state index contributed by atoms with van der Waals surface area (Å²) in [6, 6.07) is 13.2. The fraction of sp³-hybridized carbons (Fsp3) is 0.500. The van der Waals surface area contributed by atoms with E-state index in [1.807, 2.05) is 19.9 Å². The smallest absolute Gasteiger partial charge is 0.164 e. The maximum absolute atomic E-state index is 6.70. The summed E-state index contributed by atoms with van der Waals surface area (Å²) >= 11 is 0. The molecule has 5 aliphatic rings. The average molecular weight is 511 g/mol. The van der Waals surface area contributed by atoms with Crippen LogP contribution in [-0.4, -0.2) is 43.6 Å². The lowest BCUT2D eigenvalue weighted by molar-refractivity contribution is -0.165. The third-order valence-corrected chi connectivity index (χ3v) is 9.44.